The molecule has 0 heterocycles. The third-order valence-corrected chi connectivity index (χ3v) is 2.01. The average molecular weight is 188 g/mol. The molecule has 0 aliphatic carbocycles. The van der Waals surface area contributed by atoms with Gasteiger partial charge in [0.25, 0.3) is 0 Å². The second-order valence-electron chi connectivity index (χ2n) is 3.08. The molecular weight excluding hydrogens is 176 g/mol. The molecule has 0 aliphatic heterocycles. The van der Waals surface area contributed by atoms with Crippen LogP contribution in [0.1, 0.15) is 21.5 Å². The van der Waals surface area contributed by atoms with Crippen LogP contribution in [-0.4, -0.2) is 12.9 Å². The van der Waals surface area contributed by atoms with Crippen LogP contribution in [0.5, 0.6) is 5.75 Å². The Kier molecular flexibility index (Phi) is 3.30. The lowest BCUT2D eigenvalue weighted by atomic mass is 10.0. The molecule has 0 saturated carbocycles. The van der Waals surface area contributed by atoms with Crippen molar-refractivity contribution in [2.24, 2.45) is 0 Å². The summed E-state index contributed by atoms with van der Waals surface area (Å²) in [7, 11) is 0. The van der Waals surface area contributed by atoms with E-state index in [4.69, 9.17) is 11.2 Å². The summed E-state index contributed by atoms with van der Waals surface area (Å²) in [5.74, 6) is 3.10. The van der Waals surface area contributed by atoms with Gasteiger partial charge >= 0.3 is 0 Å². The lowest BCUT2D eigenvalue weighted by Crippen LogP contribution is -1.97. The highest BCUT2D eigenvalue weighted by molar-refractivity contribution is 5.80. The first-order valence-electron chi connectivity index (χ1n) is 4.31. The minimum Gasteiger partial charge on any atom is -0.481 e. The molecule has 0 bridgehead atoms. The van der Waals surface area contributed by atoms with Gasteiger partial charge in [0.2, 0.25) is 0 Å². The van der Waals surface area contributed by atoms with E-state index in [9.17, 15) is 4.79 Å². The van der Waals surface area contributed by atoms with Gasteiger partial charge in [-0.15, -0.1) is 6.42 Å². The van der Waals surface area contributed by atoms with Crippen LogP contribution >= 0.6 is 0 Å². The van der Waals surface area contributed by atoms with E-state index in [2.05, 4.69) is 5.92 Å². The molecule has 0 saturated heterocycles. The zero-order valence-corrected chi connectivity index (χ0v) is 8.33. The molecule has 14 heavy (non-hydrogen) atoms. The maximum atomic E-state index is 10.7. The number of benzene rings is 1. The number of aryl methyl sites for hydroxylation is 2. The van der Waals surface area contributed by atoms with Gasteiger partial charge in [0.1, 0.15) is 12.4 Å². The maximum Gasteiger partial charge on any atom is 0.150 e. The minimum absolute atomic E-state index is 0.249. The molecule has 0 spiro atoms. The summed E-state index contributed by atoms with van der Waals surface area (Å²) in [6.45, 7) is 4.00. The number of carbonyl (C=O) groups excluding carboxylic acids is 1. The van der Waals surface area contributed by atoms with E-state index in [1.54, 1.807) is 0 Å². The predicted molar refractivity (Wildman–Crippen MR) is 55.6 cm³/mol. The Morgan fingerprint density at radius 3 is 2.43 bits per heavy atom. The van der Waals surface area contributed by atoms with E-state index in [1.165, 1.54) is 0 Å². The molecule has 0 unspecified atom stereocenters. The largest absolute Gasteiger partial charge is 0.481 e. The summed E-state index contributed by atoms with van der Waals surface area (Å²) in [6, 6.07) is 3.63. The smallest absolute Gasteiger partial charge is 0.150 e. The fourth-order valence-electron chi connectivity index (χ4n) is 1.33. The lowest BCUT2D eigenvalue weighted by molar-refractivity contribution is 0.112. The second kappa shape index (κ2) is 4.48. The molecule has 0 fully saturated rings. The maximum absolute atomic E-state index is 10.7. The van der Waals surface area contributed by atoms with Gasteiger partial charge in [0.15, 0.2) is 6.29 Å². The number of hydrogen-bond donors (Lipinski definition) is 0. The quantitative estimate of drug-likeness (QED) is 0.536. The van der Waals surface area contributed by atoms with Crippen molar-refractivity contribution >= 4 is 6.29 Å². The number of aldehydes is 1. The van der Waals surface area contributed by atoms with Gasteiger partial charge in [-0.05, 0) is 37.1 Å². The van der Waals surface area contributed by atoms with Crippen LogP contribution in [0.15, 0.2) is 12.1 Å². The summed E-state index contributed by atoms with van der Waals surface area (Å²) in [5, 5.41) is 0. The van der Waals surface area contributed by atoms with Crippen LogP contribution in [0.4, 0.5) is 0 Å². The number of carbonyl (C=O) groups is 1. The first-order chi connectivity index (χ1) is 6.69. The molecule has 0 atom stereocenters. The van der Waals surface area contributed by atoms with Crippen molar-refractivity contribution in [3.8, 4) is 18.1 Å². The van der Waals surface area contributed by atoms with Crippen molar-refractivity contribution in [3.63, 3.8) is 0 Å². The molecule has 1 aromatic rings. The Morgan fingerprint density at radius 1 is 1.43 bits per heavy atom. The van der Waals surface area contributed by atoms with Gasteiger partial charge in [-0.1, -0.05) is 5.92 Å². The van der Waals surface area contributed by atoms with Crippen LogP contribution < -0.4 is 4.74 Å². The summed E-state index contributed by atoms with van der Waals surface area (Å²) >= 11 is 0. The summed E-state index contributed by atoms with van der Waals surface area (Å²) < 4.78 is 5.26. The topological polar surface area (TPSA) is 26.3 Å². The van der Waals surface area contributed by atoms with E-state index in [0.717, 1.165) is 23.0 Å². The Labute approximate surface area is 83.9 Å². The standard InChI is InChI=1S/C12H12O2/c1-4-5-14-11-6-9(2)12(8-13)10(3)7-11/h1,6-8H,5H2,2-3H3. The van der Waals surface area contributed by atoms with Gasteiger partial charge in [-0.2, -0.15) is 0 Å². The van der Waals surface area contributed by atoms with Crippen molar-refractivity contribution in [2.45, 2.75) is 13.8 Å². The number of terminal acetylenes is 1. The molecule has 1 aromatic carbocycles. The van der Waals surface area contributed by atoms with E-state index in [1.807, 2.05) is 26.0 Å². The number of hydrogen-bond acceptors (Lipinski definition) is 2. The van der Waals surface area contributed by atoms with Crippen molar-refractivity contribution < 1.29 is 9.53 Å². The van der Waals surface area contributed by atoms with Crippen LogP contribution in [0, 0.1) is 26.2 Å². The highest BCUT2D eigenvalue weighted by Crippen LogP contribution is 2.20. The molecule has 72 valence electrons. The molecule has 2 nitrogen and oxygen atoms in total. The van der Waals surface area contributed by atoms with Crippen LogP contribution in [0.2, 0.25) is 0 Å². The number of rotatable bonds is 3. The first kappa shape index (κ1) is 10.3. The van der Waals surface area contributed by atoms with E-state index in [-0.39, 0.29) is 6.61 Å². The SMILES string of the molecule is C#CCOc1cc(C)c(C=O)c(C)c1. The van der Waals surface area contributed by atoms with E-state index in [0.29, 0.717) is 5.75 Å². The van der Waals surface area contributed by atoms with Gasteiger partial charge in [0, 0.05) is 5.56 Å². The monoisotopic (exact) mass is 188 g/mol. The normalized spacial score (nSPS) is 9.21. The predicted octanol–water partition coefficient (Wildman–Crippen LogP) is 2.13. The third-order valence-electron chi connectivity index (χ3n) is 2.01. The molecule has 0 N–H and O–H groups in total. The molecule has 0 radical (unpaired) electrons. The van der Waals surface area contributed by atoms with Crippen LogP contribution in [0.3, 0.4) is 0 Å². The molecule has 0 aromatic heterocycles. The van der Waals surface area contributed by atoms with Crippen molar-refractivity contribution in [1.29, 1.82) is 0 Å². The summed E-state index contributed by atoms with van der Waals surface area (Å²) in [4.78, 5) is 10.7. The van der Waals surface area contributed by atoms with Crippen LogP contribution in [0.25, 0.3) is 0 Å². The van der Waals surface area contributed by atoms with Gasteiger partial charge < -0.3 is 4.74 Å². The zero-order chi connectivity index (χ0) is 10.6. The lowest BCUT2D eigenvalue weighted by Gasteiger charge is -2.07. The molecule has 0 aliphatic rings. The van der Waals surface area contributed by atoms with E-state index < -0.39 is 0 Å². The summed E-state index contributed by atoms with van der Waals surface area (Å²) in [6.07, 6.45) is 5.93. The van der Waals surface area contributed by atoms with Gasteiger partial charge in [-0.25, -0.2) is 0 Å². The third kappa shape index (κ3) is 2.14. The van der Waals surface area contributed by atoms with Crippen molar-refractivity contribution in [3.05, 3.63) is 28.8 Å². The van der Waals surface area contributed by atoms with Crippen molar-refractivity contribution in [1.82, 2.24) is 0 Å². The highest BCUT2D eigenvalue weighted by atomic mass is 16.5. The second-order valence-corrected chi connectivity index (χ2v) is 3.08. The Morgan fingerprint density at radius 2 is 2.00 bits per heavy atom. The van der Waals surface area contributed by atoms with Gasteiger partial charge in [0.05, 0.1) is 0 Å². The molecular formula is C12H12O2. The van der Waals surface area contributed by atoms with Crippen LogP contribution in [-0.2, 0) is 0 Å². The first-order valence-corrected chi connectivity index (χ1v) is 4.31. The number of ether oxygens (including phenoxy) is 1. The summed E-state index contributed by atoms with van der Waals surface area (Å²) in [5.41, 5.74) is 2.54. The molecule has 0 amide bonds. The highest BCUT2D eigenvalue weighted by Gasteiger charge is 2.04. The molecule has 2 heteroatoms. The van der Waals surface area contributed by atoms with E-state index >= 15 is 0 Å². The Bertz CT molecular complexity index is 363. The van der Waals surface area contributed by atoms with Crippen molar-refractivity contribution in [2.75, 3.05) is 6.61 Å². The Balaban J connectivity index is 3.02. The fraction of sp³-hybridized carbons (Fsp3) is 0.250. The average Bonchev–Trinajstić information content (AvgIpc) is 2.14. The fourth-order valence-corrected chi connectivity index (χ4v) is 1.33. The van der Waals surface area contributed by atoms with Gasteiger partial charge in [-0.3, -0.25) is 4.79 Å². The molecule has 1 rings (SSSR count). The minimum atomic E-state index is 0.249. The Hall–Kier alpha value is -1.75. The zero-order valence-electron chi connectivity index (χ0n) is 8.33.